The zero-order valence-corrected chi connectivity index (χ0v) is 9.93. The van der Waals surface area contributed by atoms with Crippen LogP contribution in [0.3, 0.4) is 0 Å². The molecule has 0 spiro atoms. The first-order valence-electron chi connectivity index (χ1n) is 4.55. The van der Waals surface area contributed by atoms with Crippen molar-refractivity contribution in [3.8, 4) is 0 Å². The molecule has 1 rings (SSSR count). The lowest BCUT2D eigenvalue weighted by atomic mass is 10.2. The van der Waals surface area contributed by atoms with E-state index in [1.54, 1.807) is 0 Å². The van der Waals surface area contributed by atoms with Crippen molar-refractivity contribution in [1.29, 1.82) is 0 Å². The summed E-state index contributed by atoms with van der Waals surface area (Å²) in [5.74, 6) is 0.673. The van der Waals surface area contributed by atoms with Crippen molar-refractivity contribution < 1.29 is 9.53 Å². The van der Waals surface area contributed by atoms with Gasteiger partial charge in [0.1, 0.15) is 5.60 Å². The monoisotopic (exact) mass is 249 g/mol. The number of halogens is 1. The van der Waals surface area contributed by atoms with Gasteiger partial charge in [0.05, 0.1) is 16.1 Å². The molecule has 0 N–H and O–H groups in total. The van der Waals surface area contributed by atoms with Gasteiger partial charge in [-0.1, -0.05) is 0 Å². The maximum absolute atomic E-state index is 11.4. The summed E-state index contributed by atoms with van der Waals surface area (Å²) in [5, 5.41) is 0. The number of ether oxygens (including phenoxy) is 1. The Morgan fingerprint density at radius 2 is 2.08 bits per heavy atom. The van der Waals surface area contributed by atoms with E-state index in [0.717, 1.165) is 6.54 Å². The zero-order valence-electron chi connectivity index (χ0n) is 8.34. The number of carbonyl (C=O) groups excluding carboxylic acids is 1. The van der Waals surface area contributed by atoms with Crippen LogP contribution in [0, 0.1) is 5.92 Å². The highest BCUT2D eigenvalue weighted by Crippen LogP contribution is 2.31. The van der Waals surface area contributed by atoms with Gasteiger partial charge in [0.25, 0.3) is 0 Å². The van der Waals surface area contributed by atoms with Gasteiger partial charge < -0.3 is 4.74 Å². The highest BCUT2D eigenvalue weighted by atomic mass is 79.9. The van der Waals surface area contributed by atoms with Gasteiger partial charge in [-0.15, -0.1) is 0 Å². The molecule has 76 valence electrons. The van der Waals surface area contributed by atoms with Crippen LogP contribution in [-0.4, -0.2) is 22.2 Å². The van der Waals surface area contributed by atoms with Gasteiger partial charge >= 0.3 is 6.09 Å². The van der Waals surface area contributed by atoms with Crippen molar-refractivity contribution in [2.75, 3.05) is 6.54 Å². The molecule has 1 aliphatic carbocycles. The molecule has 0 saturated heterocycles. The number of amides is 1. The van der Waals surface area contributed by atoms with Crippen molar-refractivity contribution in [3.05, 3.63) is 0 Å². The normalized spacial score (nSPS) is 16.9. The molecule has 13 heavy (non-hydrogen) atoms. The molecule has 0 radical (unpaired) electrons. The number of hydrogen-bond donors (Lipinski definition) is 0. The second kappa shape index (κ2) is 3.86. The van der Waals surface area contributed by atoms with Crippen molar-refractivity contribution in [3.63, 3.8) is 0 Å². The molecule has 0 heterocycles. The first kappa shape index (κ1) is 10.8. The fourth-order valence-electron chi connectivity index (χ4n) is 0.913. The van der Waals surface area contributed by atoms with Crippen LogP contribution in [0.1, 0.15) is 33.6 Å². The minimum absolute atomic E-state index is 0.292. The molecule has 0 bridgehead atoms. The van der Waals surface area contributed by atoms with Crippen LogP contribution in [0.15, 0.2) is 0 Å². The highest BCUT2D eigenvalue weighted by molar-refractivity contribution is 9.07. The van der Waals surface area contributed by atoms with Crippen LogP contribution in [0.5, 0.6) is 0 Å². The molecule has 0 aromatic rings. The third-order valence-electron chi connectivity index (χ3n) is 1.71. The summed E-state index contributed by atoms with van der Waals surface area (Å²) in [5.41, 5.74) is -0.410. The van der Waals surface area contributed by atoms with Crippen LogP contribution < -0.4 is 0 Å². The standard InChI is InChI=1S/C9H16BrNO2/c1-9(2,3)13-8(12)11(10)6-7-4-5-7/h7H,4-6H2,1-3H3. The maximum atomic E-state index is 11.4. The Morgan fingerprint density at radius 1 is 1.54 bits per heavy atom. The number of carbonyl (C=O) groups is 1. The smallest absolute Gasteiger partial charge is 0.420 e. The lowest BCUT2D eigenvalue weighted by molar-refractivity contribution is 0.0410. The molecular formula is C9H16BrNO2. The Labute approximate surface area is 87.8 Å². The van der Waals surface area contributed by atoms with E-state index >= 15 is 0 Å². The summed E-state index contributed by atoms with van der Waals surface area (Å²) < 4.78 is 6.65. The van der Waals surface area contributed by atoms with Gasteiger partial charge in [-0.3, -0.25) is 0 Å². The molecular weight excluding hydrogens is 234 g/mol. The van der Waals surface area contributed by atoms with E-state index in [1.807, 2.05) is 20.8 Å². The molecule has 3 nitrogen and oxygen atoms in total. The predicted molar refractivity (Wildman–Crippen MR) is 54.6 cm³/mol. The fraction of sp³-hybridized carbons (Fsp3) is 0.889. The van der Waals surface area contributed by atoms with Gasteiger partial charge in [-0.25, -0.2) is 8.72 Å². The van der Waals surface area contributed by atoms with E-state index in [0.29, 0.717) is 5.92 Å². The van der Waals surface area contributed by atoms with Crippen molar-refractivity contribution in [2.45, 2.75) is 39.2 Å². The first-order chi connectivity index (χ1) is 5.88. The summed E-state index contributed by atoms with van der Waals surface area (Å²) in [6, 6.07) is 0. The fourth-order valence-corrected chi connectivity index (χ4v) is 1.40. The summed E-state index contributed by atoms with van der Waals surface area (Å²) in [4.78, 5) is 11.4. The van der Waals surface area contributed by atoms with Crippen molar-refractivity contribution in [2.24, 2.45) is 5.92 Å². The molecule has 0 unspecified atom stereocenters. The zero-order chi connectivity index (χ0) is 10.1. The average Bonchev–Trinajstić information content (AvgIpc) is 2.67. The molecule has 0 aromatic carbocycles. The lowest BCUT2D eigenvalue weighted by Crippen LogP contribution is -2.31. The van der Waals surface area contributed by atoms with E-state index in [4.69, 9.17) is 4.74 Å². The maximum Gasteiger partial charge on any atom is 0.420 e. The largest absolute Gasteiger partial charge is 0.443 e. The summed E-state index contributed by atoms with van der Waals surface area (Å²) >= 11 is 3.20. The SMILES string of the molecule is CC(C)(C)OC(=O)N(Br)CC1CC1. The highest BCUT2D eigenvalue weighted by Gasteiger charge is 2.28. The molecule has 0 aliphatic heterocycles. The van der Waals surface area contributed by atoms with Crippen molar-refractivity contribution >= 4 is 22.2 Å². The lowest BCUT2D eigenvalue weighted by Gasteiger charge is -2.23. The van der Waals surface area contributed by atoms with Crippen LogP contribution in [0.25, 0.3) is 0 Å². The third kappa shape index (κ3) is 4.50. The second-order valence-electron chi connectivity index (χ2n) is 4.47. The van der Waals surface area contributed by atoms with Gasteiger partial charge in [-0.2, -0.15) is 0 Å². The Balaban J connectivity index is 2.28. The number of hydrogen-bond acceptors (Lipinski definition) is 2. The van der Waals surface area contributed by atoms with Crippen LogP contribution in [-0.2, 0) is 4.74 Å². The van der Waals surface area contributed by atoms with E-state index in [1.165, 1.54) is 16.8 Å². The number of nitrogens with zero attached hydrogens (tertiary/aromatic N) is 1. The Bertz CT molecular complexity index is 196. The minimum Gasteiger partial charge on any atom is -0.443 e. The second-order valence-corrected chi connectivity index (χ2v) is 5.32. The number of rotatable bonds is 2. The topological polar surface area (TPSA) is 29.5 Å². The average molecular weight is 250 g/mol. The summed E-state index contributed by atoms with van der Waals surface area (Å²) in [6.45, 7) is 6.35. The van der Waals surface area contributed by atoms with E-state index in [9.17, 15) is 4.79 Å². The van der Waals surface area contributed by atoms with Crippen LogP contribution in [0.2, 0.25) is 0 Å². The van der Waals surface area contributed by atoms with Gasteiger partial charge in [-0.05, 0) is 39.5 Å². The Hall–Kier alpha value is -0.250. The minimum atomic E-state index is -0.410. The Kier molecular flexibility index (Phi) is 3.22. The first-order valence-corrected chi connectivity index (χ1v) is 5.26. The Morgan fingerprint density at radius 3 is 2.46 bits per heavy atom. The van der Waals surface area contributed by atoms with Gasteiger partial charge in [0.15, 0.2) is 0 Å². The molecule has 0 aromatic heterocycles. The van der Waals surface area contributed by atoms with E-state index in [-0.39, 0.29) is 6.09 Å². The summed E-state index contributed by atoms with van der Waals surface area (Å²) in [6.07, 6.45) is 2.16. The van der Waals surface area contributed by atoms with Crippen LogP contribution >= 0.6 is 16.1 Å². The summed E-state index contributed by atoms with van der Waals surface area (Å²) in [7, 11) is 0. The molecule has 1 saturated carbocycles. The van der Waals surface area contributed by atoms with Gasteiger partial charge in [0.2, 0.25) is 0 Å². The predicted octanol–water partition coefficient (Wildman–Crippen LogP) is 2.94. The molecule has 4 heteroatoms. The van der Waals surface area contributed by atoms with Gasteiger partial charge in [0, 0.05) is 6.54 Å². The molecule has 1 amide bonds. The molecule has 0 atom stereocenters. The van der Waals surface area contributed by atoms with Crippen LogP contribution in [0.4, 0.5) is 4.79 Å². The quantitative estimate of drug-likeness (QED) is 0.705. The molecule has 1 aliphatic rings. The molecule has 1 fully saturated rings. The van der Waals surface area contributed by atoms with E-state index in [2.05, 4.69) is 16.1 Å². The third-order valence-corrected chi connectivity index (χ3v) is 2.29. The van der Waals surface area contributed by atoms with E-state index < -0.39 is 5.60 Å². The van der Waals surface area contributed by atoms with Crippen molar-refractivity contribution in [1.82, 2.24) is 3.93 Å².